The molecule has 2 aliphatic rings. The highest BCUT2D eigenvalue weighted by Gasteiger charge is 2.52. The van der Waals surface area contributed by atoms with Gasteiger partial charge in [-0.2, -0.15) is 0 Å². The van der Waals surface area contributed by atoms with Gasteiger partial charge in [0.05, 0.1) is 5.41 Å². The summed E-state index contributed by atoms with van der Waals surface area (Å²) in [6, 6.07) is 16.3. The molecule has 2 atom stereocenters. The number of nitrogens with one attached hydrogen (secondary N) is 1. The Morgan fingerprint density at radius 3 is 2.23 bits per heavy atom. The smallest absolute Gasteiger partial charge is 0.407 e. The molecule has 1 saturated heterocycles. The van der Waals surface area contributed by atoms with Gasteiger partial charge in [0.25, 0.3) is 0 Å². The molecule has 1 fully saturated rings. The second kappa shape index (κ2) is 9.72. The summed E-state index contributed by atoms with van der Waals surface area (Å²) in [7, 11) is 0. The first-order chi connectivity index (χ1) is 16.8. The highest BCUT2D eigenvalue weighted by atomic mass is 16.5. The number of carboxylic acids is 1. The minimum atomic E-state index is -1.17. The van der Waals surface area contributed by atoms with Crippen LogP contribution in [0.3, 0.4) is 0 Å². The minimum absolute atomic E-state index is 0.0438. The van der Waals surface area contributed by atoms with Gasteiger partial charge in [-0.25, -0.2) is 9.59 Å². The van der Waals surface area contributed by atoms with Crippen molar-refractivity contribution in [3.63, 3.8) is 0 Å². The molecule has 2 aromatic rings. The monoisotopic (exact) mass is 478 g/mol. The third-order valence-electron chi connectivity index (χ3n) is 7.98. The molecule has 186 valence electrons. The number of aliphatic carboxylic acids is 1. The molecule has 35 heavy (non-hydrogen) atoms. The molecule has 2 amide bonds. The molecule has 2 unspecified atom stereocenters. The molecule has 0 spiro atoms. The number of likely N-dealkylation sites (tertiary alicyclic amines) is 1. The van der Waals surface area contributed by atoms with E-state index in [4.69, 9.17) is 4.74 Å². The van der Waals surface area contributed by atoms with Crippen molar-refractivity contribution < 1.29 is 24.2 Å². The summed E-state index contributed by atoms with van der Waals surface area (Å²) in [6.45, 7) is 6.15. The molecule has 1 aliphatic carbocycles. The molecule has 7 heteroatoms. The van der Waals surface area contributed by atoms with Crippen LogP contribution in [0, 0.1) is 5.41 Å². The van der Waals surface area contributed by atoms with E-state index in [2.05, 4.69) is 29.6 Å². The maximum Gasteiger partial charge on any atom is 0.407 e. The van der Waals surface area contributed by atoms with Gasteiger partial charge in [-0.15, -0.1) is 0 Å². The number of amides is 2. The van der Waals surface area contributed by atoms with E-state index in [1.807, 2.05) is 31.2 Å². The maximum atomic E-state index is 13.5. The van der Waals surface area contributed by atoms with Crippen molar-refractivity contribution in [2.45, 2.75) is 57.9 Å². The van der Waals surface area contributed by atoms with Gasteiger partial charge in [0.1, 0.15) is 12.1 Å². The molecular formula is C28H34N2O5. The molecule has 2 N–H and O–H groups in total. The SMILES string of the molecule is CCC(C)(CNC(=O)OCC1c2ccccc2-c2ccccc21)C(=O)N1CCCC1(CC)C(=O)O. The molecular weight excluding hydrogens is 444 g/mol. The first-order valence-electron chi connectivity index (χ1n) is 12.4. The molecule has 7 nitrogen and oxygen atoms in total. The molecule has 0 bridgehead atoms. The summed E-state index contributed by atoms with van der Waals surface area (Å²) in [5, 5.41) is 12.6. The number of carboxylic acid groups (broad SMARTS) is 1. The van der Waals surface area contributed by atoms with Gasteiger partial charge in [0.15, 0.2) is 0 Å². The number of hydrogen-bond acceptors (Lipinski definition) is 4. The van der Waals surface area contributed by atoms with Gasteiger partial charge in [-0.1, -0.05) is 62.4 Å². The third kappa shape index (κ3) is 4.28. The van der Waals surface area contributed by atoms with Crippen molar-refractivity contribution in [1.82, 2.24) is 10.2 Å². The lowest BCUT2D eigenvalue weighted by Gasteiger charge is -2.40. The fraction of sp³-hybridized carbons (Fsp3) is 0.464. The van der Waals surface area contributed by atoms with Crippen molar-refractivity contribution in [3.05, 3.63) is 59.7 Å². The van der Waals surface area contributed by atoms with Gasteiger partial charge in [0, 0.05) is 19.0 Å². The quantitative estimate of drug-likeness (QED) is 0.568. The Bertz CT molecular complexity index is 1090. The number of nitrogens with zero attached hydrogens (tertiary/aromatic N) is 1. The highest BCUT2D eigenvalue weighted by molar-refractivity contribution is 5.91. The number of fused-ring (bicyclic) bond motifs is 3. The summed E-state index contributed by atoms with van der Waals surface area (Å²) in [5.41, 5.74) is 2.49. The number of rotatable bonds is 8. The number of hydrogen-bond donors (Lipinski definition) is 2. The normalized spacial score (nSPS) is 20.6. The summed E-state index contributed by atoms with van der Waals surface area (Å²) >= 11 is 0. The van der Waals surface area contributed by atoms with Crippen LogP contribution in [0.15, 0.2) is 48.5 Å². The van der Waals surface area contributed by atoms with Crippen molar-refractivity contribution in [3.8, 4) is 11.1 Å². The highest BCUT2D eigenvalue weighted by Crippen LogP contribution is 2.44. The molecule has 0 aromatic heterocycles. The van der Waals surface area contributed by atoms with Gasteiger partial charge >= 0.3 is 12.1 Å². The molecule has 1 heterocycles. The second-order valence-corrected chi connectivity index (χ2v) is 9.84. The number of ether oxygens (including phenoxy) is 1. The lowest BCUT2D eigenvalue weighted by Crippen LogP contribution is -2.58. The summed E-state index contributed by atoms with van der Waals surface area (Å²) in [5.74, 6) is -1.24. The number of alkyl carbamates (subject to hydrolysis) is 1. The number of carbonyl (C=O) groups excluding carboxylic acids is 2. The van der Waals surface area contributed by atoms with E-state index in [1.165, 1.54) is 4.90 Å². The topological polar surface area (TPSA) is 95.9 Å². The van der Waals surface area contributed by atoms with E-state index < -0.39 is 23.0 Å². The predicted octanol–water partition coefficient (Wildman–Crippen LogP) is 4.80. The Kier molecular flexibility index (Phi) is 6.88. The van der Waals surface area contributed by atoms with E-state index in [9.17, 15) is 19.5 Å². The van der Waals surface area contributed by atoms with Crippen LogP contribution < -0.4 is 5.32 Å². The van der Waals surface area contributed by atoms with Gasteiger partial charge in [-0.3, -0.25) is 4.79 Å². The first-order valence-corrected chi connectivity index (χ1v) is 12.4. The Morgan fingerprint density at radius 1 is 1.09 bits per heavy atom. The van der Waals surface area contributed by atoms with Crippen LogP contribution >= 0.6 is 0 Å². The van der Waals surface area contributed by atoms with E-state index >= 15 is 0 Å². The first kappa shape index (κ1) is 24.8. The lowest BCUT2D eigenvalue weighted by atomic mass is 9.83. The van der Waals surface area contributed by atoms with Crippen molar-refractivity contribution in [2.75, 3.05) is 19.7 Å². The Labute approximate surface area is 206 Å². The molecule has 2 aromatic carbocycles. The van der Waals surface area contributed by atoms with Crippen molar-refractivity contribution in [1.29, 1.82) is 0 Å². The van der Waals surface area contributed by atoms with Crippen LogP contribution in [0.1, 0.15) is 63.5 Å². The Morgan fingerprint density at radius 2 is 1.69 bits per heavy atom. The van der Waals surface area contributed by atoms with E-state index in [-0.39, 0.29) is 25.0 Å². The Hall–Kier alpha value is -3.35. The summed E-state index contributed by atoms with van der Waals surface area (Å²) in [6.07, 6.45) is 1.34. The van der Waals surface area contributed by atoms with Gasteiger partial charge < -0.3 is 20.1 Å². The predicted molar refractivity (Wildman–Crippen MR) is 133 cm³/mol. The third-order valence-corrected chi connectivity index (χ3v) is 7.98. The number of benzene rings is 2. The zero-order chi connectivity index (χ0) is 25.2. The molecule has 1 aliphatic heterocycles. The Balaban J connectivity index is 1.41. The lowest BCUT2D eigenvalue weighted by molar-refractivity contribution is -0.161. The average Bonchev–Trinajstić information content (AvgIpc) is 3.46. The van der Waals surface area contributed by atoms with E-state index in [0.717, 1.165) is 22.3 Å². The fourth-order valence-electron chi connectivity index (χ4n) is 5.51. The maximum absolute atomic E-state index is 13.5. The molecule has 0 saturated carbocycles. The average molecular weight is 479 g/mol. The van der Waals surface area contributed by atoms with Crippen molar-refractivity contribution in [2.24, 2.45) is 5.41 Å². The van der Waals surface area contributed by atoms with Crippen LogP contribution in [0.25, 0.3) is 11.1 Å². The fourth-order valence-corrected chi connectivity index (χ4v) is 5.51. The zero-order valence-electron chi connectivity index (χ0n) is 20.7. The molecule has 4 rings (SSSR count). The van der Waals surface area contributed by atoms with Gasteiger partial charge in [-0.05, 0) is 54.9 Å². The van der Waals surface area contributed by atoms with Crippen molar-refractivity contribution >= 4 is 18.0 Å². The zero-order valence-corrected chi connectivity index (χ0v) is 20.7. The second-order valence-electron chi connectivity index (χ2n) is 9.84. The minimum Gasteiger partial charge on any atom is -0.479 e. The summed E-state index contributed by atoms with van der Waals surface area (Å²) < 4.78 is 5.62. The van der Waals surface area contributed by atoms with Crippen LogP contribution in [0.4, 0.5) is 4.79 Å². The van der Waals surface area contributed by atoms with E-state index in [0.29, 0.717) is 32.2 Å². The van der Waals surface area contributed by atoms with Crippen LogP contribution in [0.2, 0.25) is 0 Å². The van der Waals surface area contributed by atoms with Crippen LogP contribution in [-0.4, -0.2) is 53.2 Å². The van der Waals surface area contributed by atoms with Crippen LogP contribution in [-0.2, 0) is 14.3 Å². The van der Waals surface area contributed by atoms with E-state index in [1.54, 1.807) is 13.8 Å². The molecule has 0 radical (unpaired) electrons. The standard InChI is InChI=1S/C28H34N2O5/c1-4-27(3,24(31)30-16-10-15-28(30,5-2)25(32)33)18-29-26(34)35-17-23-21-13-8-6-11-19(21)20-12-7-9-14-22(20)23/h6-9,11-14,23H,4-5,10,15-18H2,1-3H3,(H,29,34)(H,32,33). The van der Waals surface area contributed by atoms with Gasteiger partial charge in [0.2, 0.25) is 5.91 Å². The van der Waals surface area contributed by atoms with Crippen LogP contribution in [0.5, 0.6) is 0 Å². The summed E-state index contributed by atoms with van der Waals surface area (Å²) in [4.78, 5) is 39.7. The largest absolute Gasteiger partial charge is 0.479 e. The number of carbonyl (C=O) groups is 3.